The molecule has 0 aliphatic carbocycles. The first-order chi connectivity index (χ1) is 10.2. The number of piperidine rings is 1. The molecule has 0 saturated carbocycles. The Kier molecular flexibility index (Phi) is 3.90. The molecule has 1 aromatic rings. The fourth-order valence-corrected chi connectivity index (χ4v) is 2.95. The van der Waals surface area contributed by atoms with Crippen LogP contribution < -0.4 is 15.8 Å². The van der Waals surface area contributed by atoms with Gasteiger partial charge in [0.1, 0.15) is 12.0 Å². The second kappa shape index (κ2) is 5.83. The Bertz CT molecular complexity index is 534. The van der Waals surface area contributed by atoms with Crippen LogP contribution in [0.25, 0.3) is 0 Å². The van der Waals surface area contributed by atoms with Gasteiger partial charge in [-0.1, -0.05) is 18.2 Å². The fraction of sp³-hybridized carbons (Fsp3) is 0.467. The highest BCUT2D eigenvalue weighted by atomic mass is 16.5. The molecule has 3 rings (SSSR count). The van der Waals surface area contributed by atoms with E-state index in [0.717, 1.165) is 5.69 Å². The number of carbonyl (C=O) groups excluding carboxylic acids is 2. The number of esters is 1. The molecule has 3 unspecified atom stereocenters. The Morgan fingerprint density at radius 3 is 2.81 bits per heavy atom. The number of hydrogen-bond acceptors (Lipinski definition) is 6. The van der Waals surface area contributed by atoms with Crippen molar-refractivity contribution >= 4 is 17.4 Å². The van der Waals surface area contributed by atoms with E-state index < -0.39 is 11.9 Å². The van der Waals surface area contributed by atoms with Crippen molar-refractivity contribution in [1.82, 2.24) is 10.7 Å². The average Bonchev–Trinajstić information content (AvgIpc) is 2.93. The molecule has 21 heavy (non-hydrogen) atoms. The minimum absolute atomic E-state index is 0.0170. The number of fused-ring (bicyclic) bond motifs is 1. The number of carbonyl (C=O) groups is 2. The number of nitrogens with one attached hydrogen (secondary N) is 2. The molecule has 0 radical (unpaired) electrons. The number of para-hydroxylation sites is 1. The summed E-state index contributed by atoms with van der Waals surface area (Å²) in [5, 5.41) is 5.13. The predicted octanol–water partition coefficient (Wildman–Crippen LogP) is 0.100. The molecule has 3 atom stereocenters. The van der Waals surface area contributed by atoms with Crippen LogP contribution in [-0.2, 0) is 14.3 Å². The van der Waals surface area contributed by atoms with E-state index in [1.165, 1.54) is 0 Å². The predicted molar refractivity (Wildman–Crippen MR) is 77.6 cm³/mol. The third-order valence-electron chi connectivity index (χ3n) is 3.97. The van der Waals surface area contributed by atoms with Crippen molar-refractivity contribution in [2.75, 3.05) is 24.7 Å². The van der Waals surface area contributed by atoms with Crippen LogP contribution in [0.1, 0.15) is 6.92 Å². The van der Waals surface area contributed by atoms with Crippen LogP contribution in [-0.4, -0.2) is 43.5 Å². The maximum absolute atomic E-state index is 12.7. The van der Waals surface area contributed by atoms with Crippen molar-refractivity contribution in [1.29, 1.82) is 0 Å². The Balaban J connectivity index is 1.82. The van der Waals surface area contributed by atoms with Gasteiger partial charge in [0.05, 0.1) is 18.3 Å². The molecule has 0 spiro atoms. The summed E-state index contributed by atoms with van der Waals surface area (Å²) < 4.78 is 5.00. The summed E-state index contributed by atoms with van der Waals surface area (Å²) in [5.41, 5.74) is 4.16. The normalized spacial score (nSPS) is 28.3. The summed E-state index contributed by atoms with van der Waals surface area (Å²) in [6.07, 6.45) is 0. The summed E-state index contributed by atoms with van der Waals surface area (Å²) in [7, 11) is 0. The average molecular weight is 289 g/mol. The van der Waals surface area contributed by atoms with Crippen LogP contribution in [0, 0.1) is 5.92 Å². The van der Waals surface area contributed by atoms with Gasteiger partial charge in [-0.15, -0.1) is 0 Å². The number of ketones is 1. The monoisotopic (exact) mass is 289 g/mol. The van der Waals surface area contributed by atoms with Crippen molar-refractivity contribution in [3.05, 3.63) is 30.3 Å². The zero-order valence-electron chi connectivity index (χ0n) is 11.9. The van der Waals surface area contributed by atoms with Gasteiger partial charge in [-0.05, 0) is 19.1 Å². The highest BCUT2D eigenvalue weighted by Crippen LogP contribution is 2.25. The number of nitrogens with zero attached hydrogens (tertiary/aromatic N) is 1. The van der Waals surface area contributed by atoms with E-state index >= 15 is 0 Å². The Morgan fingerprint density at radius 2 is 2.10 bits per heavy atom. The van der Waals surface area contributed by atoms with Crippen molar-refractivity contribution in [2.45, 2.75) is 19.0 Å². The number of Topliss-reactive ketones (excluding diaryl/α,β-unsaturated/α-hetero) is 1. The van der Waals surface area contributed by atoms with Crippen molar-refractivity contribution in [2.24, 2.45) is 5.92 Å². The van der Waals surface area contributed by atoms with E-state index in [9.17, 15) is 9.59 Å². The van der Waals surface area contributed by atoms with E-state index in [1.807, 2.05) is 35.3 Å². The molecule has 2 aliphatic heterocycles. The van der Waals surface area contributed by atoms with Crippen LogP contribution in [0.5, 0.6) is 0 Å². The molecule has 0 aromatic heterocycles. The molecule has 1 aromatic carbocycles. The number of rotatable bonds is 3. The van der Waals surface area contributed by atoms with E-state index in [4.69, 9.17) is 4.74 Å². The van der Waals surface area contributed by atoms with Gasteiger partial charge in [0.15, 0.2) is 5.78 Å². The van der Waals surface area contributed by atoms with Crippen LogP contribution in [0.3, 0.4) is 0 Å². The quantitative estimate of drug-likeness (QED) is 0.607. The van der Waals surface area contributed by atoms with E-state index in [1.54, 1.807) is 6.92 Å². The molecular weight excluding hydrogens is 270 g/mol. The third-order valence-corrected chi connectivity index (χ3v) is 3.97. The standard InChI is InChI=1S/C15H19N3O3/c1-2-21-15(20)11-8-16-12-9-17-18(13(12)14(11)19)10-6-4-3-5-7-10/h3-7,11-13,16-17H,2,8-9H2,1H3. The van der Waals surface area contributed by atoms with Crippen molar-refractivity contribution in [3.63, 3.8) is 0 Å². The second-order valence-corrected chi connectivity index (χ2v) is 5.23. The first-order valence-corrected chi connectivity index (χ1v) is 7.24. The lowest BCUT2D eigenvalue weighted by atomic mass is 9.89. The first kappa shape index (κ1) is 14.0. The first-order valence-electron chi connectivity index (χ1n) is 7.24. The molecule has 6 nitrogen and oxygen atoms in total. The molecule has 2 fully saturated rings. The van der Waals surface area contributed by atoms with E-state index in [-0.39, 0.29) is 24.5 Å². The van der Waals surface area contributed by atoms with Gasteiger partial charge in [-0.2, -0.15) is 0 Å². The molecular formula is C15H19N3O3. The van der Waals surface area contributed by atoms with Gasteiger partial charge in [-0.3, -0.25) is 14.6 Å². The molecule has 6 heteroatoms. The summed E-state index contributed by atoms with van der Waals surface area (Å²) >= 11 is 0. The Hall–Kier alpha value is -1.92. The number of benzene rings is 1. The van der Waals surface area contributed by atoms with Crippen LogP contribution in [0.15, 0.2) is 30.3 Å². The molecule has 0 amide bonds. The Labute approximate surface area is 123 Å². The summed E-state index contributed by atoms with van der Waals surface area (Å²) in [5.74, 6) is -1.24. The summed E-state index contributed by atoms with van der Waals surface area (Å²) in [6.45, 7) is 3.05. The van der Waals surface area contributed by atoms with E-state index in [0.29, 0.717) is 13.1 Å². The summed E-state index contributed by atoms with van der Waals surface area (Å²) in [6, 6.07) is 9.30. The minimum atomic E-state index is -0.725. The zero-order valence-corrected chi connectivity index (χ0v) is 11.9. The highest BCUT2D eigenvalue weighted by Gasteiger charge is 2.48. The fourth-order valence-electron chi connectivity index (χ4n) is 2.95. The number of hydrogen-bond donors (Lipinski definition) is 2. The number of ether oxygens (including phenoxy) is 1. The number of hydrazine groups is 1. The molecule has 2 saturated heterocycles. The van der Waals surface area contributed by atoms with Gasteiger partial charge >= 0.3 is 5.97 Å². The third kappa shape index (κ3) is 2.52. The second-order valence-electron chi connectivity index (χ2n) is 5.23. The maximum atomic E-state index is 12.7. The van der Waals surface area contributed by atoms with Gasteiger partial charge in [0.2, 0.25) is 0 Å². The summed E-state index contributed by atoms with van der Waals surface area (Å²) in [4.78, 5) is 24.6. The smallest absolute Gasteiger partial charge is 0.317 e. The largest absolute Gasteiger partial charge is 0.465 e. The lowest BCUT2D eigenvalue weighted by molar-refractivity contribution is -0.152. The molecule has 2 N–H and O–H groups in total. The minimum Gasteiger partial charge on any atom is -0.465 e. The van der Waals surface area contributed by atoms with Crippen molar-refractivity contribution in [3.8, 4) is 0 Å². The number of anilines is 1. The van der Waals surface area contributed by atoms with Gasteiger partial charge in [0.25, 0.3) is 0 Å². The SMILES string of the molecule is CCOC(=O)C1CNC2CNN(c3ccccc3)C2C1=O. The molecule has 2 heterocycles. The highest BCUT2D eigenvalue weighted by molar-refractivity contribution is 6.04. The van der Waals surface area contributed by atoms with Gasteiger partial charge in [0, 0.05) is 13.1 Å². The lowest BCUT2D eigenvalue weighted by Crippen LogP contribution is -2.59. The topological polar surface area (TPSA) is 70.7 Å². The van der Waals surface area contributed by atoms with Gasteiger partial charge < -0.3 is 10.1 Å². The van der Waals surface area contributed by atoms with E-state index in [2.05, 4.69) is 10.7 Å². The van der Waals surface area contributed by atoms with Gasteiger partial charge in [-0.25, -0.2) is 5.43 Å². The van der Waals surface area contributed by atoms with Crippen LogP contribution >= 0.6 is 0 Å². The molecule has 2 aliphatic rings. The van der Waals surface area contributed by atoms with Crippen LogP contribution in [0.2, 0.25) is 0 Å². The van der Waals surface area contributed by atoms with Crippen LogP contribution in [0.4, 0.5) is 5.69 Å². The lowest BCUT2D eigenvalue weighted by Gasteiger charge is -2.34. The Morgan fingerprint density at radius 1 is 1.33 bits per heavy atom. The molecule has 0 bridgehead atoms. The van der Waals surface area contributed by atoms with Crippen molar-refractivity contribution < 1.29 is 14.3 Å². The zero-order chi connectivity index (χ0) is 14.8. The molecule has 112 valence electrons. The maximum Gasteiger partial charge on any atom is 0.317 e.